The molecule has 0 aliphatic rings. The van der Waals surface area contributed by atoms with Gasteiger partial charge in [-0.05, 0) is 33.8 Å². The van der Waals surface area contributed by atoms with Gasteiger partial charge in [0.2, 0.25) is 0 Å². The van der Waals surface area contributed by atoms with Crippen LogP contribution in [-0.2, 0) is 4.74 Å². The summed E-state index contributed by atoms with van der Waals surface area (Å²) in [5, 5.41) is 0. The van der Waals surface area contributed by atoms with Crippen LogP contribution in [0.1, 0.15) is 39.3 Å². The van der Waals surface area contributed by atoms with Gasteiger partial charge in [-0.15, -0.1) is 0 Å². The van der Waals surface area contributed by atoms with Crippen LogP contribution in [0.25, 0.3) is 0 Å². The van der Waals surface area contributed by atoms with Crippen LogP contribution >= 0.6 is 0 Å². The van der Waals surface area contributed by atoms with Crippen molar-refractivity contribution in [2.24, 2.45) is 5.73 Å². The van der Waals surface area contributed by atoms with Crippen LogP contribution in [0.15, 0.2) is 18.2 Å². The average molecular weight is 255 g/mol. The number of ether oxygens (including phenoxy) is 2. The highest BCUT2D eigenvalue weighted by atomic mass is 19.1. The summed E-state index contributed by atoms with van der Waals surface area (Å²) in [6.07, 6.45) is 0. The van der Waals surface area contributed by atoms with Crippen molar-refractivity contribution in [3.8, 4) is 5.75 Å². The van der Waals surface area contributed by atoms with Gasteiger partial charge in [-0.2, -0.15) is 0 Å². The minimum Gasteiger partial charge on any atom is -0.491 e. The van der Waals surface area contributed by atoms with Gasteiger partial charge in [-0.25, -0.2) is 4.39 Å². The molecule has 0 bridgehead atoms. The molecule has 0 amide bonds. The molecule has 0 aromatic heterocycles. The highest BCUT2D eigenvalue weighted by molar-refractivity contribution is 5.36. The molecule has 0 saturated heterocycles. The number of halogens is 1. The smallest absolute Gasteiger partial charge is 0.127 e. The molecule has 18 heavy (non-hydrogen) atoms. The van der Waals surface area contributed by atoms with Crippen molar-refractivity contribution in [1.29, 1.82) is 0 Å². The summed E-state index contributed by atoms with van der Waals surface area (Å²) < 4.78 is 24.2. The zero-order valence-electron chi connectivity index (χ0n) is 11.5. The van der Waals surface area contributed by atoms with Gasteiger partial charge in [0.05, 0.1) is 12.2 Å². The molecule has 102 valence electrons. The molecule has 0 heterocycles. The minimum atomic E-state index is -0.328. The predicted octanol–water partition coefficient (Wildman–Crippen LogP) is 3.04. The summed E-state index contributed by atoms with van der Waals surface area (Å²) in [6.45, 7) is 8.60. The van der Waals surface area contributed by atoms with E-state index in [0.717, 1.165) is 5.56 Å². The minimum absolute atomic E-state index is 0.191. The highest BCUT2D eigenvalue weighted by Crippen LogP contribution is 2.24. The third kappa shape index (κ3) is 5.02. The van der Waals surface area contributed by atoms with Gasteiger partial charge in [0.25, 0.3) is 0 Å². The van der Waals surface area contributed by atoms with Gasteiger partial charge in [0, 0.05) is 17.7 Å². The number of benzene rings is 1. The topological polar surface area (TPSA) is 44.5 Å². The molecule has 1 aromatic carbocycles. The molecule has 4 heteroatoms. The summed E-state index contributed by atoms with van der Waals surface area (Å²) in [5.41, 5.74) is 6.40. The lowest BCUT2D eigenvalue weighted by molar-refractivity contribution is -0.0164. The molecule has 0 aliphatic heterocycles. The van der Waals surface area contributed by atoms with Crippen LogP contribution in [0, 0.1) is 5.82 Å². The quantitative estimate of drug-likeness (QED) is 0.822. The van der Waals surface area contributed by atoms with E-state index < -0.39 is 0 Å². The lowest BCUT2D eigenvalue weighted by atomic mass is 10.1. The van der Waals surface area contributed by atoms with Crippen molar-refractivity contribution in [3.05, 3.63) is 29.6 Å². The van der Waals surface area contributed by atoms with E-state index in [0.29, 0.717) is 19.0 Å². The Morgan fingerprint density at radius 3 is 2.50 bits per heavy atom. The first-order valence-corrected chi connectivity index (χ1v) is 6.11. The van der Waals surface area contributed by atoms with Gasteiger partial charge >= 0.3 is 0 Å². The maximum Gasteiger partial charge on any atom is 0.127 e. The molecule has 0 saturated carbocycles. The Bertz CT molecular complexity index is 386. The Kier molecular flexibility index (Phi) is 5.11. The van der Waals surface area contributed by atoms with Gasteiger partial charge in [-0.3, -0.25) is 0 Å². The summed E-state index contributed by atoms with van der Waals surface area (Å²) in [5.74, 6) is 0.161. The first-order valence-electron chi connectivity index (χ1n) is 6.11. The van der Waals surface area contributed by atoms with Gasteiger partial charge in [0.15, 0.2) is 0 Å². The van der Waals surface area contributed by atoms with E-state index in [4.69, 9.17) is 15.2 Å². The zero-order valence-corrected chi connectivity index (χ0v) is 11.5. The highest BCUT2D eigenvalue weighted by Gasteiger charge is 2.11. The predicted molar refractivity (Wildman–Crippen MR) is 70.2 cm³/mol. The summed E-state index contributed by atoms with van der Waals surface area (Å²) >= 11 is 0. The largest absolute Gasteiger partial charge is 0.491 e. The Labute approximate surface area is 108 Å². The van der Waals surface area contributed by atoms with E-state index >= 15 is 0 Å². The maximum absolute atomic E-state index is 13.2. The van der Waals surface area contributed by atoms with Crippen LogP contribution in [0.4, 0.5) is 4.39 Å². The number of rotatable bonds is 5. The molecule has 1 rings (SSSR count). The summed E-state index contributed by atoms with van der Waals surface area (Å²) in [6, 6.07) is 4.21. The number of hydrogen-bond donors (Lipinski definition) is 1. The fourth-order valence-corrected chi connectivity index (χ4v) is 1.51. The second kappa shape index (κ2) is 6.16. The van der Waals surface area contributed by atoms with Crippen molar-refractivity contribution in [1.82, 2.24) is 0 Å². The lowest BCUT2D eigenvalue weighted by Crippen LogP contribution is -2.22. The van der Waals surface area contributed by atoms with E-state index in [1.54, 1.807) is 6.07 Å². The number of nitrogens with two attached hydrogens (primary N) is 1. The zero-order chi connectivity index (χ0) is 13.8. The van der Waals surface area contributed by atoms with Gasteiger partial charge in [0.1, 0.15) is 18.2 Å². The fourth-order valence-electron chi connectivity index (χ4n) is 1.51. The van der Waals surface area contributed by atoms with E-state index in [9.17, 15) is 4.39 Å². The molecule has 0 unspecified atom stereocenters. The molecule has 1 atom stereocenters. The van der Waals surface area contributed by atoms with E-state index in [-0.39, 0.29) is 17.5 Å². The van der Waals surface area contributed by atoms with Crippen molar-refractivity contribution in [2.75, 3.05) is 13.2 Å². The van der Waals surface area contributed by atoms with E-state index in [1.807, 2.05) is 27.7 Å². The second-order valence-electron chi connectivity index (χ2n) is 5.28. The number of hydrogen-bond acceptors (Lipinski definition) is 3. The summed E-state index contributed by atoms with van der Waals surface area (Å²) in [4.78, 5) is 0. The van der Waals surface area contributed by atoms with Gasteiger partial charge in [-0.1, -0.05) is 6.07 Å². The molecule has 2 N–H and O–H groups in total. The molecule has 0 aliphatic carbocycles. The second-order valence-corrected chi connectivity index (χ2v) is 5.28. The fraction of sp³-hybridized carbons (Fsp3) is 0.571. The van der Waals surface area contributed by atoms with Gasteiger partial charge < -0.3 is 15.2 Å². The Balaban J connectivity index is 2.58. The Morgan fingerprint density at radius 1 is 1.28 bits per heavy atom. The first kappa shape index (κ1) is 14.9. The summed E-state index contributed by atoms with van der Waals surface area (Å²) in [7, 11) is 0. The molecule has 0 fully saturated rings. The standard InChI is InChI=1S/C14H22FNO2/c1-10(16)12-6-5-11(15)9-13(12)17-7-8-18-14(2,3)4/h5-6,9-10H,7-8,16H2,1-4H3/t10-/m0/s1. The van der Waals surface area contributed by atoms with E-state index in [1.165, 1.54) is 12.1 Å². The maximum atomic E-state index is 13.2. The SMILES string of the molecule is C[C@H](N)c1ccc(F)cc1OCCOC(C)(C)C. The molecular weight excluding hydrogens is 233 g/mol. The molecule has 0 radical (unpaired) electrons. The average Bonchev–Trinajstić information content (AvgIpc) is 2.22. The van der Waals surface area contributed by atoms with Crippen molar-refractivity contribution in [2.45, 2.75) is 39.3 Å². The third-order valence-electron chi connectivity index (χ3n) is 2.34. The van der Waals surface area contributed by atoms with E-state index in [2.05, 4.69) is 0 Å². The Morgan fingerprint density at radius 2 is 1.94 bits per heavy atom. The monoisotopic (exact) mass is 255 g/mol. The van der Waals surface area contributed by atoms with Crippen LogP contribution in [0.2, 0.25) is 0 Å². The molecular formula is C14H22FNO2. The van der Waals surface area contributed by atoms with Crippen molar-refractivity contribution < 1.29 is 13.9 Å². The van der Waals surface area contributed by atoms with Crippen molar-refractivity contribution in [3.63, 3.8) is 0 Å². The van der Waals surface area contributed by atoms with Crippen molar-refractivity contribution >= 4 is 0 Å². The molecule has 0 spiro atoms. The molecule has 1 aromatic rings. The van der Waals surface area contributed by atoms with Crippen LogP contribution in [-0.4, -0.2) is 18.8 Å². The first-order chi connectivity index (χ1) is 8.29. The Hall–Kier alpha value is -1.13. The lowest BCUT2D eigenvalue weighted by Gasteiger charge is -2.20. The third-order valence-corrected chi connectivity index (χ3v) is 2.34. The van der Waals surface area contributed by atoms with Crippen LogP contribution < -0.4 is 10.5 Å². The normalized spacial score (nSPS) is 13.4. The van der Waals surface area contributed by atoms with Crippen LogP contribution in [0.5, 0.6) is 5.75 Å². The molecule has 3 nitrogen and oxygen atoms in total. The van der Waals surface area contributed by atoms with Crippen LogP contribution in [0.3, 0.4) is 0 Å².